The van der Waals surface area contributed by atoms with Crippen LogP contribution in [0.15, 0.2) is 42.6 Å². The largest absolute Gasteiger partial charge is 0.454 e. The third kappa shape index (κ3) is 2.32. The van der Waals surface area contributed by atoms with Gasteiger partial charge in [0.25, 0.3) is 0 Å². The van der Waals surface area contributed by atoms with Crippen LogP contribution in [0, 0.1) is 11.3 Å². The molecule has 1 aliphatic heterocycles. The predicted octanol–water partition coefficient (Wildman–Crippen LogP) is 3.26. The summed E-state index contributed by atoms with van der Waals surface area (Å²) in [7, 11) is 0. The molecule has 6 heteroatoms. The van der Waals surface area contributed by atoms with Gasteiger partial charge in [0.15, 0.2) is 11.5 Å². The van der Waals surface area contributed by atoms with Gasteiger partial charge in [0.2, 0.25) is 6.79 Å². The Balaban J connectivity index is 1.56. The number of rotatable bonds is 3. The van der Waals surface area contributed by atoms with Gasteiger partial charge in [-0.2, -0.15) is 10.4 Å². The number of hydrogen-bond acceptors (Lipinski definition) is 5. The van der Waals surface area contributed by atoms with Crippen molar-refractivity contribution in [2.75, 3.05) is 6.79 Å². The van der Waals surface area contributed by atoms with Crippen molar-refractivity contribution in [3.8, 4) is 28.1 Å². The molecule has 0 atom stereocenters. The average molecular weight is 309 g/mol. The van der Waals surface area contributed by atoms with Crippen molar-refractivity contribution in [2.24, 2.45) is 0 Å². The highest BCUT2D eigenvalue weighted by atomic mass is 32.1. The molecule has 0 fully saturated rings. The average Bonchev–Trinajstić information content (AvgIpc) is 3.26. The fourth-order valence-corrected chi connectivity index (χ4v) is 3.11. The van der Waals surface area contributed by atoms with Crippen molar-refractivity contribution in [2.45, 2.75) is 6.54 Å². The van der Waals surface area contributed by atoms with Gasteiger partial charge in [-0.3, -0.25) is 4.68 Å². The Labute approximate surface area is 131 Å². The van der Waals surface area contributed by atoms with Crippen LogP contribution < -0.4 is 9.47 Å². The minimum absolute atomic E-state index is 0.282. The molecule has 3 aromatic rings. The first-order valence-electron chi connectivity index (χ1n) is 6.74. The van der Waals surface area contributed by atoms with E-state index in [9.17, 15) is 0 Å². The number of thiophene rings is 1. The molecule has 0 unspecified atom stereocenters. The summed E-state index contributed by atoms with van der Waals surface area (Å²) in [4.78, 5) is 1.70. The number of nitrogens with zero attached hydrogens (tertiary/aromatic N) is 3. The lowest BCUT2D eigenvalue weighted by molar-refractivity contribution is 0.174. The Bertz CT molecular complexity index is 876. The molecule has 0 spiro atoms. The molecule has 0 aliphatic carbocycles. The van der Waals surface area contributed by atoms with Crippen molar-refractivity contribution in [1.29, 1.82) is 5.26 Å². The van der Waals surface area contributed by atoms with E-state index in [0.29, 0.717) is 11.4 Å². The van der Waals surface area contributed by atoms with Crippen LogP contribution in [0.3, 0.4) is 0 Å². The predicted molar refractivity (Wildman–Crippen MR) is 81.9 cm³/mol. The number of fused-ring (bicyclic) bond motifs is 1. The first-order valence-corrected chi connectivity index (χ1v) is 7.56. The maximum atomic E-state index is 8.89. The Morgan fingerprint density at radius 1 is 1.18 bits per heavy atom. The van der Waals surface area contributed by atoms with Gasteiger partial charge in [0.1, 0.15) is 16.6 Å². The molecular weight excluding hydrogens is 298 g/mol. The van der Waals surface area contributed by atoms with Crippen LogP contribution >= 0.6 is 11.3 Å². The lowest BCUT2D eigenvalue weighted by Gasteiger charge is -2.03. The summed E-state index contributed by atoms with van der Waals surface area (Å²) >= 11 is 1.45. The molecule has 1 aliphatic rings. The number of hydrogen-bond donors (Lipinski definition) is 0. The van der Waals surface area contributed by atoms with E-state index in [0.717, 1.165) is 27.6 Å². The van der Waals surface area contributed by atoms with E-state index in [1.807, 2.05) is 47.3 Å². The maximum absolute atomic E-state index is 8.89. The molecule has 0 bridgehead atoms. The second-order valence-corrected chi connectivity index (χ2v) is 5.95. The third-order valence-electron chi connectivity index (χ3n) is 3.39. The SMILES string of the molecule is N#Cc1ccc(-c2ccn(Cc3ccc4c(c3)OCO4)n2)s1. The minimum atomic E-state index is 0.282. The molecule has 2 aromatic heterocycles. The van der Waals surface area contributed by atoms with Crippen molar-refractivity contribution in [3.63, 3.8) is 0 Å². The number of benzene rings is 1. The molecular formula is C16H11N3O2S. The molecule has 108 valence electrons. The smallest absolute Gasteiger partial charge is 0.231 e. The van der Waals surface area contributed by atoms with Gasteiger partial charge in [-0.25, -0.2) is 0 Å². The third-order valence-corrected chi connectivity index (χ3v) is 4.40. The van der Waals surface area contributed by atoms with E-state index >= 15 is 0 Å². The van der Waals surface area contributed by atoms with Crippen LogP contribution in [0.4, 0.5) is 0 Å². The number of aromatic nitrogens is 2. The summed E-state index contributed by atoms with van der Waals surface area (Å²) in [5, 5.41) is 13.5. The summed E-state index contributed by atoms with van der Waals surface area (Å²) in [6, 6.07) is 13.7. The lowest BCUT2D eigenvalue weighted by atomic mass is 10.2. The van der Waals surface area contributed by atoms with Gasteiger partial charge in [0, 0.05) is 6.20 Å². The van der Waals surface area contributed by atoms with E-state index in [-0.39, 0.29) is 6.79 Å². The van der Waals surface area contributed by atoms with Crippen LogP contribution in [0.25, 0.3) is 10.6 Å². The molecule has 0 amide bonds. The van der Waals surface area contributed by atoms with Crippen LogP contribution in [-0.2, 0) is 6.54 Å². The van der Waals surface area contributed by atoms with Crippen LogP contribution in [0.1, 0.15) is 10.4 Å². The summed E-state index contributed by atoms with van der Waals surface area (Å²) in [6.45, 7) is 0.942. The highest BCUT2D eigenvalue weighted by Crippen LogP contribution is 2.33. The van der Waals surface area contributed by atoms with E-state index in [1.165, 1.54) is 11.3 Å². The Morgan fingerprint density at radius 2 is 2.09 bits per heavy atom. The first-order chi connectivity index (χ1) is 10.8. The minimum Gasteiger partial charge on any atom is -0.454 e. The molecule has 22 heavy (non-hydrogen) atoms. The van der Waals surface area contributed by atoms with Crippen LogP contribution in [-0.4, -0.2) is 16.6 Å². The second kappa shape index (κ2) is 5.20. The molecule has 0 N–H and O–H groups in total. The highest BCUT2D eigenvalue weighted by Gasteiger charge is 2.13. The Kier molecular flexibility index (Phi) is 3.06. The fourth-order valence-electron chi connectivity index (χ4n) is 2.34. The normalized spacial score (nSPS) is 12.3. The van der Waals surface area contributed by atoms with E-state index in [4.69, 9.17) is 14.7 Å². The molecule has 0 saturated heterocycles. The summed E-state index contributed by atoms with van der Waals surface area (Å²) in [5.74, 6) is 1.56. The Morgan fingerprint density at radius 3 is 2.95 bits per heavy atom. The van der Waals surface area contributed by atoms with Crippen molar-refractivity contribution < 1.29 is 9.47 Å². The van der Waals surface area contributed by atoms with Gasteiger partial charge < -0.3 is 9.47 Å². The number of nitriles is 1. The number of ether oxygens (including phenoxy) is 2. The molecule has 3 heterocycles. The zero-order valence-corrected chi connectivity index (χ0v) is 12.3. The van der Waals surface area contributed by atoms with Crippen LogP contribution in [0.5, 0.6) is 11.5 Å². The van der Waals surface area contributed by atoms with Crippen molar-refractivity contribution >= 4 is 11.3 Å². The fraction of sp³-hybridized carbons (Fsp3) is 0.125. The zero-order valence-electron chi connectivity index (χ0n) is 11.5. The van der Waals surface area contributed by atoms with Gasteiger partial charge in [0.05, 0.1) is 11.4 Å². The molecule has 5 nitrogen and oxygen atoms in total. The highest BCUT2D eigenvalue weighted by molar-refractivity contribution is 7.15. The Hall–Kier alpha value is -2.78. The van der Waals surface area contributed by atoms with E-state index in [1.54, 1.807) is 0 Å². The van der Waals surface area contributed by atoms with Crippen molar-refractivity contribution in [3.05, 3.63) is 53.0 Å². The molecule has 0 saturated carbocycles. The summed E-state index contributed by atoms with van der Waals surface area (Å²) in [6.07, 6.45) is 1.94. The van der Waals surface area contributed by atoms with Crippen LogP contribution in [0.2, 0.25) is 0 Å². The summed E-state index contributed by atoms with van der Waals surface area (Å²) in [5.41, 5.74) is 1.98. The quantitative estimate of drug-likeness (QED) is 0.745. The van der Waals surface area contributed by atoms with Gasteiger partial charge >= 0.3 is 0 Å². The molecule has 0 radical (unpaired) electrons. The molecule has 1 aromatic carbocycles. The summed E-state index contributed by atoms with van der Waals surface area (Å²) < 4.78 is 12.6. The maximum Gasteiger partial charge on any atom is 0.231 e. The van der Waals surface area contributed by atoms with Gasteiger partial charge in [-0.1, -0.05) is 6.07 Å². The topological polar surface area (TPSA) is 60.1 Å². The van der Waals surface area contributed by atoms with Gasteiger partial charge in [-0.05, 0) is 35.9 Å². The van der Waals surface area contributed by atoms with E-state index < -0.39 is 0 Å². The molecule has 4 rings (SSSR count). The standard InChI is InChI=1S/C16H11N3O2S/c17-8-12-2-4-16(22-12)13-5-6-19(18-13)9-11-1-3-14-15(7-11)21-10-20-14/h1-7H,9-10H2. The first kappa shape index (κ1) is 12.9. The van der Waals surface area contributed by atoms with Crippen molar-refractivity contribution in [1.82, 2.24) is 9.78 Å². The van der Waals surface area contributed by atoms with Gasteiger partial charge in [-0.15, -0.1) is 11.3 Å². The lowest BCUT2D eigenvalue weighted by Crippen LogP contribution is -2.00. The second-order valence-electron chi connectivity index (χ2n) is 4.86. The monoisotopic (exact) mass is 309 g/mol. The zero-order chi connectivity index (χ0) is 14.9. The van der Waals surface area contributed by atoms with E-state index in [2.05, 4.69) is 11.2 Å².